The van der Waals surface area contributed by atoms with Gasteiger partial charge >= 0.3 is 0 Å². The number of rotatable bonds is 3. The molecule has 0 bridgehead atoms. The molecule has 0 amide bonds. The van der Waals surface area contributed by atoms with Crippen LogP contribution in [0.3, 0.4) is 0 Å². The molecule has 0 fully saturated rings. The Kier molecular flexibility index (Phi) is 5.40. The average molecular weight is 606 g/mol. The summed E-state index contributed by atoms with van der Waals surface area (Å²) in [6, 6.07) is 59.2. The summed E-state index contributed by atoms with van der Waals surface area (Å²) in [5.74, 6) is 1.85. The molecular weight excluding hydrogens is 579 g/mol. The zero-order valence-corrected chi connectivity index (χ0v) is 25.7. The van der Waals surface area contributed by atoms with Crippen LogP contribution in [0.25, 0.3) is 31.3 Å². The van der Waals surface area contributed by atoms with Crippen LogP contribution in [0, 0.1) is 0 Å². The highest BCUT2D eigenvalue weighted by Gasteiger charge is 2.51. The van der Waals surface area contributed by atoms with Crippen molar-refractivity contribution >= 4 is 48.6 Å². The van der Waals surface area contributed by atoms with Crippen molar-refractivity contribution in [1.82, 2.24) is 0 Å². The van der Waals surface area contributed by atoms with Crippen LogP contribution in [0.4, 0.5) is 17.1 Å². The molecule has 0 atom stereocenters. The van der Waals surface area contributed by atoms with E-state index in [0.29, 0.717) is 0 Å². The largest absolute Gasteiger partial charge is 0.457 e. The van der Waals surface area contributed by atoms with Crippen LogP contribution in [0.1, 0.15) is 22.3 Å². The molecule has 1 spiro atoms. The van der Waals surface area contributed by atoms with E-state index in [1.54, 1.807) is 0 Å². The highest BCUT2D eigenvalue weighted by molar-refractivity contribution is 7.25. The molecule has 0 unspecified atom stereocenters. The highest BCUT2D eigenvalue weighted by atomic mass is 32.1. The van der Waals surface area contributed by atoms with Gasteiger partial charge < -0.3 is 9.64 Å². The second-order valence-corrected chi connectivity index (χ2v) is 13.2. The van der Waals surface area contributed by atoms with E-state index in [1.165, 1.54) is 53.6 Å². The lowest BCUT2D eigenvalue weighted by atomic mass is 9.66. The molecule has 0 radical (unpaired) electrons. The molecule has 0 N–H and O–H groups in total. The highest BCUT2D eigenvalue weighted by Crippen LogP contribution is 2.62. The molecule has 0 saturated heterocycles. The van der Waals surface area contributed by atoms with E-state index in [0.717, 1.165) is 28.6 Å². The topological polar surface area (TPSA) is 12.5 Å². The first-order valence-corrected chi connectivity index (χ1v) is 16.5. The molecule has 0 saturated carbocycles. The Balaban J connectivity index is 1.23. The zero-order chi connectivity index (χ0) is 30.2. The first-order valence-electron chi connectivity index (χ1n) is 15.7. The van der Waals surface area contributed by atoms with Crippen LogP contribution < -0.4 is 9.64 Å². The molecule has 2 aliphatic rings. The molecule has 1 aliphatic heterocycles. The smallest absolute Gasteiger partial charge is 0.132 e. The lowest BCUT2D eigenvalue weighted by Gasteiger charge is -2.39. The summed E-state index contributed by atoms with van der Waals surface area (Å²) in [5.41, 5.74) is 10.6. The number of para-hydroxylation sites is 4. The SMILES string of the molecule is c1ccc(N(c2ccccc2)c2ccc3c(c2)sc2cc4c(cc23)-c2ccccc2C42c3ccccc3Oc3ccccc32)cc1. The second kappa shape index (κ2) is 9.68. The van der Waals surface area contributed by atoms with Gasteiger partial charge in [0.05, 0.1) is 5.41 Å². The fourth-order valence-corrected chi connectivity index (χ4v) is 9.01. The summed E-state index contributed by atoms with van der Waals surface area (Å²) in [6.45, 7) is 0. The van der Waals surface area contributed by atoms with Gasteiger partial charge in [0, 0.05) is 48.4 Å². The molecule has 2 heterocycles. The number of anilines is 3. The van der Waals surface area contributed by atoms with E-state index in [-0.39, 0.29) is 0 Å². The van der Waals surface area contributed by atoms with Gasteiger partial charge in [-0.3, -0.25) is 0 Å². The lowest BCUT2D eigenvalue weighted by Crippen LogP contribution is -2.32. The molecule has 10 rings (SSSR count). The van der Waals surface area contributed by atoms with Crippen molar-refractivity contribution in [3.05, 3.63) is 186 Å². The summed E-state index contributed by atoms with van der Waals surface area (Å²) >= 11 is 1.88. The monoisotopic (exact) mass is 605 g/mol. The van der Waals surface area contributed by atoms with Crippen LogP contribution in [0.15, 0.2) is 164 Å². The van der Waals surface area contributed by atoms with Gasteiger partial charge in [-0.2, -0.15) is 0 Å². The van der Waals surface area contributed by atoms with Crippen LogP contribution in [0.2, 0.25) is 0 Å². The molecule has 8 aromatic rings. The minimum atomic E-state index is -0.454. The predicted molar refractivity (Wildman–Crippen MR) is 191 cm³/mol. The summed E-state index contributed by atoms with van der Waals surface area (Å²) in [7, 11) is 0. The number of hydrogen-bond acceptors (Lipinski definition) is 3. The molecule has 216 valence electrons. The van der Waals surface area contributed by atoms with Gasteiger partial charge in [-0.05, 0) is 82.9 Å². The molecule has 2 nitrogen and oxygen atoms in total. The minimum absolute atomic E-state index is 0.454. The van der Waals surface area contributed by atoms with Crippen molar-refractivity contribution in [2.24, 2.45) is 0 Å². The maximum absolute atomic E-state index is 6.54. The number of fused-ring (bicyclic) bond motifs is 12. The van der Waals surface area contributed by atoms with Crippen molar-refractivity contribution in [1.29, 1.82) is 0 Å². The average Bonchev–Trinajstić information content (AvgIpc) is 3.61. The standard InChI is InChI=1S/C43H27NOS/c1-3-13-28(14-4-1)44(29-15-5-2-6-16-29)30-23-24-32-34-26-33-31-17-7-8-18-35(31)43(38(33)27-42(34)46-41(32)25-30)36-19-9-11-21-39(36)45-40-22-12-10-20-37(40)43/h1-27H. The number of hydrogen-bond donors (Lipinski definition) is 0. The van der Waals surface area contributed by atoms with Gasteiger partial charge in [0.25, 0.3) is 0 Å². The molecule has 7 aromatic carbocycles. The molecule has 46 heavy (non-hydrogen) atoms. The van der Waals surface area contributed by atoms with Gasteiger partial charge in [-0.15, -0.1) is 11.3 Å². The van der Waals surface area contributed by atoms with Crippen molar-refractivity contribution in [3.8, 4) is 22.6 Å². The van der Waals surface area contributed by atoms with E-state index in [4.69, 9.17) is 4.74 Å². The first kappa shape index (κ1) is 25.7. The van der Waals surface area contributed by atoms with E-state index in [2.05, 4.69) is 169 Å². The van der Waals surface area contributed by atoms with Crippen molar-refractivity contribution in [3.63, 3.8) is 0 Å². The minimum Gasteiger partial charge on any atom is -0.457 e. The third-order valence-electron chi connectivity index (χ3n) is 9.71. The third kappa shape index (κ3) is 3.46. The zero-order valence-electron chi connectivity index (χ0n) is 24.9. The van der Waals surface area contributed by atoms with Gasteiger partial charge in [0.2, 0.25) is 0 Å². The van der Waals surface area contributed by atoms with Gasteiger partial charge in [0.15, 0.2) is 0 Å². The van der Waals surface area contributed by atoms with Crippen LogP contribution in [-0.4, -0.2) is 0 Å². The van der Waals surface area contributed by atoms with E-state index >= 15 is 0 Å². The summed E-state index contributed by atoms with van der Waals surface area (Å²) in [6.07, 6.45) is 0. The van der Waals surface area contributed by atoms with E-state index in [1.807, 2.05) is 11.3 Å². The fourth-order valence-electron chi connectivity index (χ4n) is 7.85. The quantitative estimate of drug-likeness (QED) is 0.199. The lowest BCUT2D eigenvalue weighted by molar-refractivity contribution is 0.436. The maximum Gasteiger partial charge on any atom is 0.132 e. The first-order chi connectivity index (χ1) is 22.8. The van der Waals surface area contributed by atoms with Crippen molar-refractivity contribution in [2.45, 2.75) is 5.41 Å². The summed E-state index contributed by atoms with van der Waals surface area (Å²) in [4.78, 5) is 2.34. The van der Waals surface area contributed by atoms with Crippen molar-refractivity contribution < 1.29 is 4.74 Å². The summed E-state index contributed by atoms with van der Waals surface area (Å²) < 4.78 is 9.11. The Morgan fingerprint density at radius 1 is 0.413 bits per heavy atom. The van der Waals surface area contributed by atoms with E-state index < -0.39 is 5.41 Å². The number of nitrogens with zero attached hydrogens (tertiary/aromatic N) is 1. The Morgan fingerprint density at radius 2 is 0.978 bits per heavy atom. The molecule has 3 heteroatoms. The van der Waals surface area contributed by atoms with Crippen LogP contribution in [0.5, 0.6) is 11.5 Å². The Morgan fingerprint density at radius 3 is 1.65 bits per heavy atom. The van der Waals surface area contributed by atoms with Crippen LogP contribution >= 0.6 is 11.3 Å². The van der Waals surface area contributed by atoms with E-state index in [9.17, 15) is 0 Å². The molecule has 1 aliphatic carbocycles. The normalized spacial score (nSPS) is 13.6. The predicted octanol–water partition coefficient (Wildman–Crippen LogP) is 12.0. The van der Waals surface area contributed by atoms with Crippen LogP contribution in [-0.2, 0) is 5.41 Å². The second-order valence-electron chi connectivity index (χ2n) is 12.1. The molecular formula is C43H27NOS. The number of ether oxygens (including phenoxy) is 1. The number of benzene rings is 7. The third-order valence-corrected chi connectivity index (χ3v) is 10.8. The Labute approximate surface area is 271 Å². The Hall–Kier alpha value is -5.64. The molecule has 1 aromatic heterocycles. The Bertz CT molecular complexity index is 2380. The van der Waals surface area contributed by atoms with Gasteiger partial charge in [-0.1, -0.05) is 103 Å². The van der Waals surface area contributed by atoms with Crippen molar-refractivity contribution in [2.75, 3.05) is 4.90 Å². The summed E-state index contributed by atoms with van der Waals surface area (Å²) in [5, 5.41) is 2.59. The van der Waals surface area contributed by atoms with Gasteiger partial charge in [-0.25, -0.2) is 0 Å². The number of thiophene rings is 1. The van der Waals surface area contributed by atoms with Gasteiger partial charge in [0.1, 0.15) is 11.5 Å². The fraction of sp³-hybridized carbons (Fsp3) is 0.0233. The maximum atomic E-state index is 6.54.